The maximum absolute atomic E-state index is 14.4. The van der Waals surface area contributed by atoms with Gasteiger partial charge in [-0.3, -0.25) is 14.7 Å². The van der Waals surface area contributed by atoms with Gasteiger partial charge in [0.15, 0.2) is 5.67 Å². The number of halogens is 1. The van der Waals surface area contributed by atoms with Crippen LogP contribution in [0.4, 0.5) is 4.39 Å². The maximum atomic E-state index is 14.4. The van der Waals surface area contributed by atoms with E-state index in [1.165, 1.54) is 5.56 Å². The van der Waals surface area contributed by atoms with Crippen molar-refractivity contribution in [2.24, 2.45) is 5.92 Å². The van der Waals surface area contributed by atoms with Crippen molar-refractivity contribution in [3.63, 3.8) is 0 Å². The summed E-state index contributed by atoms with van der Waals surface area (Å²) >= 11 is 0. The first-order valence-electron chi connectivity index (χ1n) is 8.27. The summed E-state index contributed by atoms with van der Waals surface area (Å²) in [6.45, 7) is 3.47. The standard InChI is InChI=1S/C17H22FN3O/c18-17(5-2-6-17)16(22)21-8-4-14-11-20(12-15(14)21)10-13-3-1-7-19-9-13/h1,3,7,9,14-15H,2,4-6,8,10-12H2/t14-,15+/m0/s1. The maximum Gasteiger partial charge on any atom is 0.260 e. The second kappa shape index (κ2) is 5.30. The Bertz CT molecular complexity index is 560. The Morgan fingerprint density at radius 1 is 1.41 bits per heavy atom. The van der Waals surface area contributed by atoms with Gasteiger partial charge in [0.05, 0.1) is 0 Å². The van der Waals surface area contributed by atoms with Crippen molar-refractivity contribution in [2.75, 3.05) is 19.6 Å². The van der Waals surface area contributed by atoms with Gasteiger partial charge in [0.25, 0.3) is 5.91 Å². The summed E-state index contributed by atoms with van der Waals surface area (Å²) in [6, 6.07) is 4.23. The number of aromatic nitrogens is 1. The van der Waals surface area contributed by atoms with Crippen LogP contribution in [0, 0.1) is 5.92 Å². The number of rotatable bonds is 3. The van der Waals surface area contributed by atoms with Gasteiger partial charge in [-0.1, -0.05) is 6.07 Å². The van der Waals surface area contributed by atoms with Gasteiger partial charge in [-0.15, -0.1) is 0 Å². The zero-order chi connectivity index (χ0) is 15.2. The molecule has 1 aromatic heterocycles. The molecule has 1 saturated carbocycles. The summed E-state index contributed by atoms with van der Waals surface area (Å²) in [4.78, 5) is 20.8. The van der Waals surface area contributed by atoms with E-state index in [4.69, 9.17) is 0 Å². The lowest BCUT2D eigenvalue weighted by Crippen LogP contribution is -2.53. The SMILES string of the molecule is O=C(N1CC[C@H]2CN(Cc3cccnc3)C[C@H]21)C1(F)CCC1. The van der Waals surface area contributed by atoms with Crippen LogP contribution in [0.3, 0.4) is 0 Å². The van der Waals surface area contributed by atoms with E-state index < -0.39 is 5.67 Å². The minimum atomic E-state index is -1.55. The summed E-state index contributed by atoms with van der Waals surface area (Å²) in [5, 5.41) is 0. The van der Waals surface area contributed by atoms with Crippen molar-refractivity contribution < 1.29 is 9.18 Å². The number of amides is 1. The van der Waals surface area contributed by atoms with Crippen LogP contribution in [-0.4, -0.2) is 52.0 Å². The largest absolute Gasteiger partial charge is 0.335 e. The number of carbonyl (C=O) groups excluding carboxylic acids is 1. The van der Waals surface area contributed by atoms with E-state index in [-0.39, 0.29) is 11.9 Å². The molecule has 0 N–H and O–H groups in total. The van der Waals surface area contributed by atoms with E-state index in [1.54, 1.807) is 6.20 Å². The summed E-state index contributed by atoms with van der Waals surface area (Å²) in [6.07, 6.45) is 6.36. The minimum absolute atomic E-state index is 0.206. The predicted molar refractivity (Wildman–Crippen MR) is 80.8 cm³/mol. The average Bonchev–Trinajstić information content (AvgIpc) is 3.05. The van der Waals surface area contributed by atoms with Crippen LogP contribution in [-0.2, 0) is 11.3 Å². The molecule has 3 fully saturated rings. The Morgan fingerprint density at radius 2 is 2.27 bits per heavy atom. The van der Waals surface area contributed by atoms with Gasteiger partial charge in [0.2, 0.25) is 0 Å². The Balaban J connectivity index is 1.42. The fourth-order valence-corrected chi connectivity index (χ4v) is 4.14. The molecule has 2 aliphatic heterocycles. The van der Waals surface area contributed by atoms with Gasteiger partial charge in [0.1, 0.15) is 0 Å². The zero-order valence-corrected chi connectivity index (χ0v) is 12.7. The second-order valence-electron chi connectivity index (χ2n) is 6.99. The molecule has 1 amide bonds. The summed E-state index contributed by atoms with van der Waals surface area (Å²) in [7, 11) is 0. The van der Waals surface area contributed by atoms with Crippen molar-refractivity contribution in [2.45, 2.75) is 43.9 Å². The molecule has 5 heteroatoms. The highest BCUT2D eigenvalue weighted by atomic mass is 19.1. The number of nitrogens with zero attached hydrogens (tertiary/aromatic N) is 3. The van der Waals surface area contributed by atoms with Crippen molar-refractivity contribution in [3.8, 4) is 0 Å². The van der Waals surface area contributed by atoms with E-state index >= 15 is 0 Å². The Kier molecular flexibility index (Phi) is 3.40. The number of fused-ring (bicyclic) bond motifs is 1. The molecular formula is C17H22FN3O. The Labute approximate surface area is 130 Å². The van der Waals surface area contributed by atoms with Crippen LogP contribution in [0.1, 0.15) is 31.2 Å². The van der Waals surface area contributed by atoms with Crippen molar-refractivity contribution in [1.29, 1.82) is 0 Å². The minimum Gasteiger partial charge on any atom is -0.335 e. The number of alkyl halides is 1. The zero-order valence-electron chi connectivity index (χ0n) is 12.7. The molecule has 0 spiro atoms. The predicted octanol–water partition coefficient (Wildman–Crippen LogP) is 2.01. The molecule has 2 saturated heterocycles. The first kappa shape index (κ1) is 14.1. The Hall–Kier alpha value is -1.49. The van der Waals surface area contributed by atoms with E-state index in [0.717, 1.165) is 39.0 Å². The molecule has 0 radical (unpaired) electrons. The fraction of sp³-hybridized carbons (Fsp3) is 0.647. The average molecular weight is 303 g/mol. The summed E-state index contributed by atoms with van der Waals surface area (Å²) in [5.41, 5.74) is -0.354. The molecule has 3 heterocycles. The third kappa shape index (κ3) is 2.32. The molecule has 3 aliphatic rings. The molecule has 1 aromatic rings. The molecule has 22 heavy (non-hydrogen) atoms. The van der Waals surface area contributed by atoms with Gasteiger partial charge in [-0.25, -0.2) is 4.39 Å². The lowest BCUT2D eigenvalue weighted by molar-refractivity contribution is -0.150. The number of hydrogen-bond acceptors (Lipinski definition) is 3. The summed E-state index contributed by atoms with van der Waals surface area (Å²) in [5.74, 6) is 0.263. The lowest BCUT2D eigenvalue weighted by Gasteiger charge is -2.37. The van der Waals surface area contributed by atoms with E-state index in [0.29, 0.717) is 18.8 Å². The van der Waals surface area contributed by atoms with Crippen molar-refractivity contribution in [3.05, 3.63) is 30.1 Å². The van der Waals surface area contributed by atoms with Crippen LogP contribution in [0.25, 0.3) is 0 Å². The molecule has 0 unspecified atom stereocenters. The van der Waals surface area contributed by atoms with Crippen LogP contribution in [0.2, 0.25) is 0 Å². The fourth-order valence-electron chi connectivity index (χ4n) is 4.14. The molecule has 2 atom stereocenters. The number of pyridine rings is 1. The third-order valence-corrected chi connectivity index (χ3v) is 5.54. The highest BCUT2D eigenvalue weighted by molar-refractivity contribution is 5.86. The molecule has 4 rings (SSSR count). The molecular weight excluding hydrogens is 281 g/mol. The van der Waals surface area contributed by atoms with Gasteiger partial charge in [-0.2, -0.15) is 0 Å². The molecule has 0 bridgehead atoms. The molecule has 1 aliphatic carbocycles. The number of hydrogen-bond donors (Lipinski definition) is 0. The first-order valence-corrected chi connectivity index (χ1v) is 8.27. The van der Waals surface area contributed by atoms with Crippen LogP contribution in [0.15, 0.2) is 24.5 Å². The van der Waals surface area contributed by atoms with Crippen molar-refractivity contribution in [1.82, 2.24) is 14.8 Å². The second-order valence-corrected chi connectivity index (χ2v) is 6.99. The highest BCUT2D eigenvalue weighted by Crippen LogP contribution is 2.41. The van der Waals surface area contributed by atoms with Gasteiger partial charge >= 0.3 is 0 Å². The van der Waals surface area contributed by atoms with Crippen LogP contribution < -0.4 is 0 Å². The third-order valence-electron chi connectivity index (χ3n) is 5.54. The van der Waals surface area contributed by atoms with E-state index in [2.05, 4.69) is 16.0 Å². The van der Waals surface area contributed by atoms with Gasteiger partial charge in [-0.05, 0) is 43.2 Å². The first-order chi connectivity index (χ1) is 10.7. The molecule has 118 valence electrons. The smallest absolute Gasteiger partial charge is 0.260 e. The lowest BCUT2D eigenvalue weighted by atomic mass is 9.81. The Morgan fingerprint density at radius 3 is 2.95 bits per heavy atom. The normalized spacial score (nSPS) is 30.1. The highest BCUT2D eigenvalue weighted by Gasteiger charge is 2.52. The number of carbonyl (C=O) groups is 1. The van der Waals surface area contributed by atoms with E-state index in [1.807, 2.05) is 17.2 Å². The molecule has 4 nitrogen and oxygen atoms in total. The van der Waals surface area contributed by atoms with Gasteiger partial charge in [0, 0.05) is 44.6 Å². The van der Waals surface area contributed by atoms with E-state index in [9.17, 15) is 9.18 Å². The topological polar surface area (TPSA) is 36.4 Å². The van der Waals surface area contributed by atoms with Crippen LogP contribution >= 0.6 is 0 Å². The molecule has 0 aromatic carbocycles. The quantitative estimate of drug-likeness (QED) is 0.857. The van der Waals surface area contributed by atoms with Crippen LogP contribution in [0.5, 0.6) is 0 Å². The monoisotopic (exact) mass is 303 g/mol. The van der Waals surface area contributed by atoms with Gasteiger partial charge < -0.3 is 4.90 Å². The number of likely N-dealkylation sites (tertiary alicyclic amines) is 2. The summed E-state index contributed by atoms with van der Waals surface area (Å²) < 4.78 is 14.4. The van der Waals surface area contributed by atoms with Crippen molar-refractivity contribution >= 4 is 5.91 Å².